The maximum Gasteiger partial charge on any atom is 0.250 e. The molecular formula is C31H24FN7O2. The van der Waals surface area contributed by atoms with Crippen LogP contribution in [0.25, 0.3) is 27.8 Å². The monoisotopic (exact) mass is 545 g/mol. The molecule has 0 saturated carbocycles. The second-order valence-corrected chi connectivity index (χ2v) is 9.81. The summed E-state index contributed by atoms with van der Waals surface area (Å²) < 4.78 is 24.7. The zero-order valence-electron chi connectivity index (χ0n) is 21.8. The lowest BCUT2D eigenvalue weighted by molar-refractivity contribution is -0.114. The SMILES string of the molecule is C=CC(=O)N1CC(n2nc(-n3ccc4cc(Oc5ccccc5)c(F)cc43)c3c(N)ncnc32)Cc2ccccc21. The number of carbonyl (C=O) groups excluding carboxylic acids is 1. The summed E-state index contributed by atoms with van der Waals surface area (Å²) in [4.78, 5) is 23.3. The van der Waals surface area contributed by atoms with E-state index in [1.54, 1.807) is 38.5 Å². The van der Waals surface area contributed by atoms with Gasteiger partial charge >= 0.3 is 0 Å². The van der Waals surface area contributed by atoms with Crippen molar-refractivity contribution in [2.24, 2.45) is 0 Å². The van der Waals surface area contributed by atoms with E-state index < -0.39 is 5.82 Å². The molecule has 1 aliphatic rings. The Morgan fingerprint density at radius 3 is 2.71 bits per heavy atom. The summed E-state index contributed by atoms with van der Waals surface area (Å²) in [5.41, 5.74) is 9.33. The van der Waals surface area contributed by atoms with Crippen LogP contribution in [-0.4, -0.2) is 36.8 Å². The summed E-state index contributed by atoms with van der Waals surface area (Å²) in [5.74, 6) is 0.651. The van der Waals surface area contributed by atoms with E-state index in [0.717, 1.165) is 16.6 Å². The maximum absolute atomic E-state index is 15.3. The first-order valence-corrected chi connectivity index (χ1v) is 13.1. The lowest BCUT2D eigenvalue weighted by atomic mass is 9.97. The fourth-order valence-electron chi connectivity index (χ4n) is 5.47. The number of nitrogen functional groups attached to an aromatic ring is 1. The standard InChI is InChI=1S/C31H24FN7O2/c1-2-27(40)38-17-21(14-19-8-6-7-11-24(19)38)39-30-28(29(33)34-18-35-30)31(36-39)37-13-12-20-15-26(23(32)16-25(20)37)41-22-9-4-3-5-10-22/h2-13,15-16,18,21H,1,14,17H2,(H2,33,34,35). The molecule has 1 amide bonds. The minimum absolute atomic E-state index is 0.118. The van der Waals surface area contributed by atoms with E-state index in [1.165, 1.54) is 18.5 Å². The van der Waals surface area contributed by atoms with Crippen molar-refractivity contribution in [2.45, 2.75) is 12.5 Å². The molecule has 202 valence electrons. The Bertz CT molecular complexity index is 1960. The number of hydrogen-bond donors (Lipinski definition) is 1. The largest absolute Gasteiger partial charge is 0.454 e. The van der Waals surface area contributed by atoms with Gasteiger partial charge in [0.25, 0.3) is 0 Å². The zero-order valence-corrected chi connectivity index (χ0v) is 21.8. The highest BCUT2D eigenvalue weighted by molar-refractivity contribution is 6.02. The van der Waals surface area contributed by atoms with Crippen LogP contribution < -0.4 is 15.4 Å². The quantitative estimate of drug-likeness (QED) is 0.283. The first kappa shape index (κ1) is 24.5. The fourth-order valence-corrected chi connectivity index (χ4v) is 5.47. The summed E-state index contributed by atoms with van der Waals surface area (Å²) in [6, 6.07) is 21.5. The van der Waals surface area contributed by atoms with Gasteiger partial charge in [-0.25, -0.2) is 19.0 Å². The van der Waals surface area contributed by atoms with E-state index in [9.17, 15) is 4.79 Å². The van der Waals surface area contributed by atoms with Gasteiger partial charge in [-0.15, -0.1) is 0 Å². The Kier molecular flexibility index (Phi) is 5.74. The molecule has 0 aliphatic carbocycles. The molecule has 3 aromatic heterocycles. The van der Waals surface area contributed by atoms with Crippen molar-refractivity contribution < 1.29 is 13.9 Å². The molecule has 2 N–H and O–H groups in total. The number of benzene rings is 3. The van der Waals surface area contributed by atoms with Crippen molar-refractivity contribution >= 4 is 39.3 Å². The number of aromatic nitrogens is 5. The number of para-hydroxylation sites is 2. The van der Waals surface area contributed by atoms with Crippen LogP contribution in [0.4, 0.5) is 15.9 Å². The number of nitrogens with zero attached hydrogens (tertiary/aromatic N) is 6. The predicted octanol–water partition coefficient (Wildman–Crippen LogP) is 5.60. The molecule has 0 radical (unpaired) electrons. The van der Waals surface area contributed by atoms with Gasteiger partial charge < -0.3 is 15.4 Å². The maximum atomic E-state index is 15.3. The third kappa shape index (κ3) is 4.08. The Morgan fingerprint density at radius 2 is 1.88 bits per heavy atom. The van der Waals surface area contributed by atoms with E-state index in [1.807, 2.05) is 48.5 Å². The Hall–Kier alpha value is -5.51. The number of nitrogens with two attached hydrogens (primary N) is 1. The van der Waals surface area contributed by atoms with Crippen LogP contribution in [0.3, 0.4) is 0 Å². The van der Waals surface area contributed by atoms with Crippen molar-refractivity contribution in [1.29, 1.82) is 0 Å². The molecule has 6 aromatic rings. The van der Waals surface area contributed by atoms with Crippen LogP contribution in [0.1, 0.15) is 11.6 Å². The molecule has 1 unspecified atom stereocenters. The topological polar surface area (TPSA) is 104 Å². The van der Waals surface area contributed by atoms with Gasteiger partial charge in [-0.2, -0.15) is 5.10 Å². The van der Waals surface area contributed by atoms with E-state index in [4.69, 9.17) is 15.6 Å². The average molecular weight is 546 g/mol. The third-order valence-corrected chi connectivity index (χ3v) is 7.36. The minimum Gasteiger partial charge on any atom is -0.454 e. The van der Waals surface area contributed by atoms with E-state index in [-0.39, 0.29) is 23.5 Å². The van der Waals surface area contributed by atoms with Crippen LogP contribution in [0, 0.1) is 5.82 Å². The van der Waals surface area contributed by atoms with Crippen LogP contribution in [-0.2, 0) is 11.2 Å². The number of anilines is 2. The van der Waals surface area contributed by atoms with Crippen LogP contribution in [0.15, 0.2) is 98.0 Å². The van der Waals surface area contributed by atoms with Gasteiger partial charge in [0.05, 0.1) is 11.6 Å². The third-order valence-electron chi connectivity index (χ3n) is 7.36. The number of fused-ring (bicyclic) bond motifs is 3. The van der Waals surface area contributed by atoms with Gasteiger partial charge in [0, 0.05) is 29.9 Å². The smallest absolute Gasteiger partial charge is 0.250 e. The van der Waals surface area contributed by atoms with Crippen molar-refractivity contribution in [1.82, 2.24) is 24.3 Å². The molecule has 10 heteroatoms. The second-order valence-electron chi connectivity index (χ2n) is 9.81. The van der Waals surface area contributed by atoms with Crippen molar-refractivity contribution in [3.05, 3.63) is 109 Å². The van der Waals surface area contributed by atoms with Gasteiger partial charge in [-0.1, -0.05) is 43.0 Å². The molecule has 9 nitrogen and oxygen atoms in total. The average Bonchev–Trinajstić information content (AvgIpc) is 3.58. The highest BCUT2D eigenvalue weighted by atomic mass is 19.1. The Labute approximate surface area is 233 Å². The lowest BCUT2D eigenvalue weighted by Gasteiger charge is -2.34. The van der Waals surface area contributed by atoms with Crippen LogP contribution in [0.2, 0.25) is 0 Å². The molecule has 0 saturated heterocycles. The van der Waals surface area contributed by atoms with Crippen molar-refractivity contribution in [2.75, 3.05) is 17.2 Å². The molecule has 0 spiro atoms. The van der Waals surface area contributed by atoms with Gasteiger partial charge in [0.2, 0.25) is 5.91 Å². The van der Waals surface area contributed by atoms with Gasteiger partial charge in [0.15, 0.2) is 23.0 Å². The Balaban J connectivity index is 1.35. The number of ether oxygens (including phenoxy) is 1. The van der Waals surface area contributed by atoms with Crippen LogP contribution >= 0.6 is 0 Å². The molecule has 0 fully saturated rings. The molecule has 1 aliphatic heterocycles. The number of rotatable bonds is 5. The van der Waals surface area contributed by atoms with E-state index >= 15 is 4.39 Å². The molecule has 1 atom stereocenters. The lowest BCUT2D eigenvalue weighted by Crippen LogP contribution is -2.40. The number of carbonyl (C=O) groups is 1. The zero-order chi connectivity index (χ0) is 28.1. The summed E-state index contributed by atoms with van der Waals surface area (Å²) in [6.45, 7) is 4.04. The molecule has 3 aromatic carbocycles. The van der Waals surface area contributed by atoms with Gasteiger partial charge in [0.1, 0.15) is 23.3 Å². The van der Waals surface area contributed by atoms with Gasteiger partial charge in [-0.05, 0) is 48.4 Å². The first-order valence-electron chi connectivity index (χ1n) is 13.1. The summed E-state index contributed by atoms with van der Waals surface area (Å²) in [7, 11) is 0. The molecule has 41 heavy (non-hydrogen) atoms. The predicted molar refractivity (Wildman–Crippen MR) is 155 cm³/mol. The number of halogens is 1. The van der Waals surface area contributed by atoms with Crippen molar-refractivity contribution in [3.8, 4) is 17.3 Å². The fraction of sp³-hybridized carbons (Fsp3) is 0.0968. The second kappa shape index (κ2) is 9.60. The first-order chi connectivity index (χ1) is 20.0. The minimum atomic E-state index is -0.517. The number of hydrogen-bond acceptors (Lipinski definition) is 6. The molecule has 0 bridgehead atoms. The highest BCUT2D eigenvalue weighted by Crippen LogP contribution is 2.37. The normalized spacial score (nSPS) is 14.8. The molecule has 4 heterocycles. The number of amides is 1. The molecular weight excluding hydrogens is 521 g/mol. The summed E-state index contributed by atoms with van der Waals surface area (Å²) in [6.07, 6.45) is 5.13. The van der Waals surface area contributed by atoms with Crippen molar-refractivity contribution in [3.63, 3.8) is 0 Å². The van der Waals surface area contributed by atoms with E-state index in [2.05, 4.69) is 16.5 Å². The summed E-state index contributed by atoms with van der Waals surface area (Å²) in [5, 5.41) is 6.25. The highest BCUT2D eigenvalue weighted by Gasteiger charge is 2.31. The Morgan fingerprint density at radius 1 is 1.07 bits per heavy atom. The van der Waals surface area contributed by atoms with E-state index in [0.29, 0.717) is 41.1 Å². The van der Waals surface area contributed by atoms with Crippen LogP contribution in [0.5, 0.6) is 11.5 Å². The van der Waals surface area contributed by atoms with Gasteiger partial charge in [-0.3, -0.25) is 9.36 Å². The molecule has 7 rings (SSSR count). The summed E-state index contributed by atoms with van der Waals surface area (Å²) >= 11 is 0.